The van der Waals surface area contributed by atoms with Crippen LogP contribution in [0.25, 0.3) is 6.08 Å². The fraction of sp³-hybridized carbons (Fsp3) is 0.222. The van der Waals surface area contributed by atoms with Gasteiger partial charge in [0, 0.05) is 38.5 Å². The van der Waals surface area contributed by atoms with E-state index >= 15 is 0 Å². The van der Waals surface area contributed by atoms with E-state index in [-0.39, 0.29) is 9.80 Å². The Morgan fingerprint density at radius 3 is 2.41 bits per heavy atom. The van der Waals surface area contributed by atoms with Gasteiger partial charge in [0.15, 0.2) is 5.82 Å². The van der Waals surface area contributed by atoms with Crippen LogP contribution in [0.5, 0.6) is 0 Å². The van der Waals surface area contributed by atoms with Crippen LogP contribution in [0.1, 0.15) is 5.82 Å². The van der Waals surface area contributed by atoms with Crippen LogP contribution in [0.4, 0.5) is 10.6 Å². The van der Waals surface area contributed by atoms with Crippen LogP contribution in [0.3, 0.4) is 0 Å². The molecule has 2 fully saturated rings. The Hall–Kier alpha value is -2.76. The molecule has 11 heteroatoms. The van der Waals surface area contributed by atoms with Crippen LogP contribution in [0.2, 0.25) is 0 Å². The van der Waals surface area contributed by atoms with Gasteiger partial charge < -0.3 is 4.90 Å². The zero-order valence-corrected chi connectivity index (χ0v) is 16.8. The summed E-state index contributed by atoms with van der Waals surface area (Å²) in [6, 6.07) is 10.1. The number of carbonyl (C=O) groups is 2. The van der Waals surface area contributed by atoms with Gasteiger partial charge in [-0.3, -0.25) is 14.9 Å². The Bertz CT molecular complexity index is 1080. The number of hydrogen-bond acceptors (Lipinski definition) is 8. The number of nitrogens with one attached hydrogen (secondary N) is 1. The Labute approximate surface area is 171 Å². The molecule has 1 aromatic heterocycles. The van der Waals surface area contributed by atoms with Crippen molar-refractivity contribution in [2.45, 2.75) is 4.90 Å². The Kier molecular flexibility index (Phi) is 5.35. The highest BCUT2D eigenvalue weighted by atomic mass is 32.2. The van der Waals surface area contributed by atoms with Crippen molar-refractivity contribution in [3.63, 3.8) is 0 Å². The van der Waals surface area contributed by atoms with Crippen LogP contribution in [0.15, 0.2) is 52.4 Å². The van der Waals surface area contributed by atoms with Crippen LogP contribution in [-0.2, 0) is 14.8 Å². The molecule has 0 unspecified atom stereocenters. The average Bonchev–Trinajstić information content (AvgIpc) is 3.05. The van der Waals surface area contributed by atoms with Crippen molar-refractivity contribution < 1.29 is 18.0 Å². The quantitative estimate of drug-likeness (QED) is 0.721. The molecule has 4 rings (SSSR count). The lowest BCUT2D eigenvalue weighted by atomic mass is 10.3. The summed E-state index contributed by atoms with van der Waals surface area (Å²) < 4.78 is 26.9. The second-order valence-corrected chi connectivity index (χ2v) is 9.28. The summed E-state index contributed by atoms with van der Waals surface area (Å²) in [5.74, 6) is 0.487. The number of imide groups is 1. The molecule has 29 heavy (non-hydrogen) atoms. The van der Waals surface area contributed by atoms with Crippen molar-refractivity contribution in [3.05, 3.63) is 53.3 Å². The maximum atomic E-state index is 12.7. The predicted octanol–water partition coefficient (Wildman–Crippen LogP) is 1.31. The van der Waals surface area contributed by atoms with Crippen molar-refractivity contribution in [1.29, 1.82) is 0 Å². The van der Waals surface area contributed by atoms with E-state index in [0.717, 1.165) is 11.8 Å². The van der Waals surface area contributed by atoms with Gasteiger partial charge in [0.05, 0.1) is 9.80 Å². The summed E-state index contributed by atoms with van der Waals surface area (Å²) in [5, 5.41) is 1.76. The molecule has 0 aliphatic carbocycles. The fourth-order valence-electron chi connectivity index (χ4n) is 3.05. The molecule has 1 aromatic carbocycles. The lowest BCUT2D eigenvalue weighted by Gasteiger charge is -2.34. The van der Waals surface area contributed by atoms with Crippen LogP contribution in [0, 0.1) is 0 Å². The molecule has 0 spiro atoms. The van der Waals surface area contributed by atoms with Crippen molar-refractivity contribution in [1.82, 2.24) is 19.6 Å². The summed E-state index contributed by atoms with van der Waals surface area (Å²) in [6.45, 7) is 1.63. The van der Waals surface area contributed by atoms with E-state index in [1.807, 2.05) is 4.90 Å². The molecule has 2 amide bonds. The van der Waals surface area contributed by atoms with Gasteiger partial charge in [0.25, 0.3) is 11.1 Å². The third kappa shape index (κ3) is 4.16. The lowest BCUT2D eigenvalue weighted by molar-refractivity contribution is -0.115. The van der Waals surface area contributed by atoms with E-state index in [4.69, 9.17) is 0 Å². The second kappa shape index (κ2) is 7.93. The number of hydrogen-bond donors (Lipinski definition) is 1. The summed E-state index contributed by atoms with van der Waals surface area (Å²) in [7, 11) is -3.52. The molecule has 2 aliphatic heterocycles. The Morgan fingerprint density at radius 1 is 1.03 bits per heavy atom. The van der Waals surface area contributed by atoms with Gasteiger partial charge in [-0.05, 0) is 30.0 Å². The van der Waals surface area contributed by atoms with Crippen molar-refractivity contribution in [3.8, 4) is 0 Å². The largest absolute Gasteiger partial charge is 0.354 e. The number of benzene rings is 1. The SMILES string of the molecule is O=C1NC(=O)/C(=C\c2nccc(N3CCN(S(=O)(=O)c4ccccc4)CC3)n2)S1. The van der Waals surface area contributed by atoms with Gasteiger partial charge in [0.2, 0.25) is 10.0 Å². The third-order valence-corrected chi connectivity index (χ3v) is 7.23. The summed E-state index contributed by atoms with van der Waals surface area (Å²) in [5.41, 5.74) is 0. The first-order valence-corrected chi connectivity index (χ1v) is 11.1. The second-order valence-electron chi connectivity index (χ2n) is 6.33. The van der Waals surface area contributed by atoms with E-state index in [1.54, 1.807) is 42.6 Å². The smallest absolute Gasteiger partial charge is 0.290 e. The normalized spacial score (nSPS) is 19.6. The number of nitrogens with zero attached hydrogens (tertiary/aromatic N) is 4. The third-order valence-electron chi connectivity index (χ3n) is 4.51. The lowest BCUT2D eigenvalue weighted by Crippen LogP contribution is -2.48. The van der Waals surface area contributed by atoms with Gasteiger partial charge in [0.1, 0.15) is 5.82 Å². The zero-order valence-electron chi connectivity index (χ0n) is 15.2. The van der Waals surface area contributed by atoms with Crippen LogP contribution >= 0.6 is 11.8 Å². The van der Waals surface area contributed by atoms with Gasteiger partial charge >= 0.3 is 0 Å². The monoisotopic (exact) mass is 431 g/mol. The van der Waals surface area contributed by atoms with Crippen LogP contribution < -0.4 is 10.2 Å². The van der Waals surface area contributed by atoms with Crippen molar-refractivity contribution >= 4 is 44.8 Å². The highest BCUT2D eigenvalue weighted by Gasteiger charge is 2.29. The molecule has 2 aliphatic rings. The van der Waals surface area contributed by atoms with Gasteiger partial charge in [-0.25, -0.2) is 18.4 Å². The predicted molar refractivity (Wildman–Crippen MR) is 109 cm³/mol. The zero-order chi connectivity index (χ0) is 20.4. The molecule has 0 radical (unpaired) electrons. The summed E-state index contributed by atoms with van der Waals surface area (Å²) >= 11 is 0.805. The summed E-state index contributed by atoms with van der Waals surface area (Å²) in [6.07, 6.45) is 3.03. The van der Waals surface area contributed by atoms with E-state index < -0.39 is 21.2 Å². The first-order chi connectivity index (χ1) is 13.9. The topological polar surface area (TPSA) is 113 Å². The highest BCUT2D eigenvalue weighted by Crippen LogP contribution is 2.25. The van der Waals surface area contributed by atoms with E-state index in [0.29, 0.717) is 37.8 Å². The molecule has 0 bridgehead atoms. The number of piperazine rings is 1. The molecule has 9 nitrogen and oxygen atoms in total. The first kappa shape index (κ1) is 19.6. The number of amides is 2. The van der Waals surface area contributed by atoms with Crippen molar-refractivity contribution in [2.24, 2.45) is 0 Å². The number of anilines is 1. The number of aromatic nitrogens is 2. The molecule has 2 aromatic rings. The molecule has 3 heterocycles. The standard InChI is InChI=1S/C18H17N5O4S2/c24-17-14(28-18(25)21-17)12-15-19-7-6-16(20-15)22-8-10-23(11-9-22)29(26,27)13-4-2-1-3-5-13/h1-7,12H,8-11H2,(H,21,24,25)/b14-12+. The first-order valence-electron chi connectivity index (χ1n) is 8.81. The number of rotatable bonds is 4. The minimum absolute atomic E-state index is 0.242. The van der Waals surface area contributed by atoms with E-state index in [9.17, 15) is 18.0 Å². The molecular formula is C18H17N5O4S2. The van der Waals surface area contributed by atoms with Gasteiger partial charge in [-0.1, -0.05) is 18.2 Å². The number of sulfonamides is 1. The molecule has 150 valence electrons. The maximum absolute atomic E-state index is 12.7. The molecule has 1 N–H and O–H groups in total. The fourth-order valence-corrected chi connectivity index (χ4v) is 5.14. The van der Waals surface area contributed by atoms with E-state index in [1.165, 1.54) is 10.4 Å². The molecule has 0 atom stereocenters. The molecule has 0 saturated carbocycles. The number of carbonyl (C=O) groups excluding carboxylic acids is 2. The van der Waals surface area contributed by atoms with Crippen LogP contribution in [-0.4, -0.2) is 60.0 Å². The van der Waals surface area contributed by atoms with Crippen molar-refractivity contribution in [2.75, 3.05) is 31.1 Å². The molecule has 2 saturated heterocycles. The van der Waals surface area contributed by atoms with Gasteiger partial charge in [-0.15, -0.1) is 0 Å². The molecular weight excluding hydrogens is 414 g/mol. The maximum Gasteiger partial charge on any atom is 0.290 e. The average molecular weight is 431 g/mol. The minimum Gasteiger partial charge on any atom is -0.354 e. The number of thioether (sulfide) groups is 1. The Balaban J connectivity index is 1.46. The summed E-state index contributed by atoms with van der Waals surface area (Å²) in [4.78, 5) is 34.0. The van der Waals surface area contributed by atoms with E-state index in [2.05, 4.69) is 15.3 Å². The highest BCUT2D eigenvalue weighted by molar-refractivity contribution is 8.18. The van der Waals surface area contributed by atoms with Gasteiger partial charge in [-0.2, -0.15) is 4.31 Å². The Morgan fingerprint density at radius 2 is 1.76 bits per heavy atom. The minimum atomic E-state index is -3.52.